The number of likely N-dealkylation sites (tertiary alicyclic amines) is 1. The molecule has 0 amide bonds. The Morgan fingerprint density at radius 2 is 2.03 bits per heavy atom. The van der Waals surface area contributed by atoms with E-state index < -0.39 is 17.1 Å². The van der Waals surface area contributed by atoms with Crippen LogP contribution in [0.25, 0.3) is 0 Å². The van der Waals surface area contributed by atoms with Crippen molar-refractivity contribution in [2.45, 2.75) is 55.3 Å². The number of carbonyl (C=O) groups is 1. The largest absolute Gasteiger partial charge is 0.493 e. The Morgan fingerprint density at radius 3 is 2.83 bits per heavy atom. The Labute approximate surface area is 176 Å². The van der Waals surface area contributed by atoms with Gasteiger partial charge >= 0.3 is 0 Å². The summed E-state index contributed by atoms with van der Waals surface area (Å²) in [6.07, 6.45) is 2.76. The van der Waals surface area contributed by atoms with Crippen LogP contribution in [0, 0.1) is 0 Å². The lowest BCUT2D eigenvalue weighted by molar-refractivity contribution is -0.188. The number of aliphatic hydroxyl groups is 1. The number of rotatable bonds is 4. The highest BCUT2D eigenvalue weighted by molar-refractivity contribution is 5.90. The highest BCUT2D eigenvalue weighted by Gasteiger charge is 2.73. The predicted octanol–water partition coefficient (Wildman–Crippen LogP) is 2.66. The van der Waals surface area contributed by atoms with Crippen molar-refractivity contribution in [1.29, 1.82) is 0 Å². The first kappa shape index (κ1) is 18.4. The minimum absolute atomic E-state index is 0.000933. The molecule has 2 heterocycles. The normalized spacial score (nSPS) is 33.7. The molecule has 2 aromatic rings. The Kier molecular flexibility index (Phi) is 3.87. The molecule has 2 aliphatic carbocycles. The number of benzene rings is 2. The fourth-order valence-electron chi connectivity index (χ4n) is 6.75. The molecule has 1 saturated heterocycles. The van der Waals surface area contributed by atoms with Gasteiger partial charge in [0.15, 0.2) is 23.4 Å². The topological polar surface area (TPSA) is 59.0 Å². The van der Waals surface area contributed by atoms with Crippen LogP contribution in [0.3, 0.4) is 0 Å². The Balaban J connectivity index is 1.43. The van der Waals surface area contributed by atoms with Gasteiger partial charge in [-0.15, -0.1) is 0 Å². The van der Waals surface area contributed by atoms with Gasteiger partial charge in [-0.2, -0.15) is 0 Å². The molecule has 1 spiro atoms. The Bertz CT molecular complexity index is 1020. The molecule has 2 bridgehead atoms. The van der Waals surface area contributed by atoms with E-state index in [1.54, 1.807) is 7.11 Å². The molecule has 5 nitrogen and oxygen atoms in total. The summed E-state index contributed by atoms with van der Waals surface area (Å²) in [4.78, 5) is 15.4. The molecule has 0 radical (unpaired) electrons. The summed E-state index contributed by atoms with van der Waals surface area (Å²) in [7, 11) is 1.63. The Morgan fingerprint density at radius 1 is 1.20 bits per heavy atom. The number of ether oxygens (including phenoxy) is 2. The lowest BCUT2D eigenvalue weighted by Crippen LogP contribution is -2.76. The van der Waals surface area contributed by atoms with Crippen LogP contribution in [0.1, 0.15) is 36.0 Å². The average molecular weight is 405 g/mol. The lowest BCUT2D eigenvalue weighted by Gasteiger charge is -2.62. The van der Waals surface area contributed by atoms with E-state index in [2.05, 4.69) is 35.2 Å². The van der Waals surface area contributed by atoms with Crippen molar-refractivity contribution in [2.24, 2.45) is 0 Å². The molecule has 2 aliphatic heterocycles. The number of methoxy groups -OCH3 is 1. The van der Waals surface area contributed by atoms with E-state index in [0.29, 0.717) is 24.3 Å². The number of Topliss-reactive ketones (excluding diaryl/α,β-unsaturated/α-hetero) is 1. The first-order valence-corrected chi connectivity index (χ1v) is 11.0. The molecule has 1 saturated carbocycles. The number of hydrogen-bond donors (Lipinski definition) is 1. The number of ketones is 1. The first-order chi connectivity index (χ1) is 14.6. The maximum Gasteiger partial charge on any atom is 0.174 e. The van der Waals surface area contributed by atoms with Crippen molar-refractivity contribution < 1.29 is 19.4 Å². The average Bonchev–Trinajstić information content (AvgIpc) is 3.12. The van der Waals surface area contributed by atoms with Gasteiger partial charge in [0.2, 0.25) is 0 Å². The van der Waals surface area contributed by atoms with Crippen LogP contribution in [0.5, 0.6) is 11.5 Å². The number of piperidine rings is 1. The summed E-state index contributed by atoms with van der Waals surface area (Å²) in [5.41, 5.74) is 1.95. The molecule has 4 atom stereocenters. The summed E-state index contributed by atoms with van der Waals surface area (Å²) in [6, 6.07) is 14.6. The van der Waals surface area contributed by atoms with Crippen molar-refractivity contribution in [3.05, 3.63) is 59.2 Å². The number of carbonyl (C=O) groups excluding carboxylic acids is 1. The quantitative estimate of drug-likeness (QED) is 0.848. The number of nitrogens with zero attached hydrogens (tertiary/aromatic N) is 1. The first-order valence-electron chi connectivity index (χ1n) is 11.0. The maximum atomic E-state index is 13.0. The molecule has 0 unspecified atom stereocenters. The van der Waals surface area contributed by atoms with Crippen LogP contribution >= 0.6 is 0 Å². The van der Waals surface area contributed by atoms with E-state index in [1.165, 1.54) is 11.1 Å². The smallest absolute Gasteiger partial charge is 0.174 e. The van der Waals surface area contributed by atoms with Gasteiger partial charge in [-0.3, -0.25) is 9.69 Å². The van der Waals surface area contributed by atoms with Gasteiger partial charge in [0.05, 0.1) is 18.1 Å². The molecule has 4 aliphatic rings. The second kappa shape index (κ2) is 6.32. The van der Waals surface area contributed by atoms with Crippen molar-refractivity contribution in [3.63, 3.8) is 0 Å². The lowest BCUT2D eigenvalue weighted by atomic mass is 9.49. The van der Waals surface area contributed by atoms with Crippen LogP contribution < -0.4 is 9.47 Å². The number of hydrogen-bond acceptors (Lipinski definition) is 5. The molecular weight excluding hydrogens is 378 g/mol. The van der Waals surface area contributed by atoms with Crippen molar-refractivity contribution in [3.8, 4) is 11.5 Å². The second-order valence-corrected chi connectivity index (χ2v) is 9.23. The van der Waals surface area contributed by atoms with Gasteiger partial charge in [0, 0.05) is 24.6 Å². The van der Waals surface area contributed by atoms with E-state index >= 15 is 0 Å². The third kappa shape index (κ3) is 2.17. The van der Waals surface area contributed by atoms with Gasteiger partial charge in [-0.1, -0.05) is 36.4 Å². The van der Waals surface area contributed by atoms with Crippen LogP contribution in [0.4, 0.5) is 0 Å². The molecule has 1 N–H and O–H groups in total. The molecule has 5 heteroatoms. The van der Waals surface area contributed by atoms with E-state index in [0.717, 1.165) is 37.9 Å². The molecule has 156 valence electrons. The van der Waals surface area contributed by atoms with Gasteiger partial charge in [-0.05, 0) is 49.4 Å². The highest BCUT2D eigenvalue weighted by Crippen LogP contribution is 2.64. The van der Waals surface area contributed by atoms with Crippen molar-refractivity contribution in [1.82, 2.24) is 4.90 Å². The zero-order valence-corrected chi connectivity index (χ0v) is 17.3. The molecule has 0 aromatic heterocycles. The van der Waals surface area contributed by atoms with Crippen LogP contribution in [0.15, 0.2) is 42.5 Å². The summed E-state index contributed by atoms with van der Waals surface area (Å²) >= 11 is 0. The van der Waals surface area contributed by atoms with Crippen LogP contribution in [-0.4, -0.2) is 53.7 Å². The molecule has 2 aromatic carbocycles. The van der Waals surface area contributed by atoms with Crippen molar-refractivity contribution >= 4 is 5.78 Å². The third-order valence-electron chi connectivity index (χ3n) is 8.10. The van der Waals surface area contributed by atoms with Crippen molar-refractivity contribution in [2.75, 3.05) is 20.2 Å². The summed E-state index contributed by atoms with van der Waals surface area (Å²) in [5.74, 6) is 1.46. The van der Waals surface area contributed by atoms with Gasteiger partial charge < -0.3 is 14.6 Å². The third-order valence-corrected chi connectivity index (χ3v) is 8.10. The standard InChI is InChI=1S/C25H27NO4/c1-29-19-8-7-17-15-20-25(28)11-9-18(27)23-24(25,21(17)22(19)30-23)12-14-26(20)13-10-16-5-3-2-4-6-16/h2-8,20,23,28H,9-15H2,1H3/t20-,23+,24+,25-/m1/s1. The zero-order chi connectivity index (χ0) is 20.5. The molecular formula is C25H27NO4. The van der Waals surface area contributed by atoms with Gasteiger partial charge in [0.25, 0.3) is 0 Å². The van der Waals surface area contributed by atoms with Crippen LogP contribution in [0.2, 0.25) is 0 Å². The summed E-state index contributed by atoms with van der Waals surface area (Å²) in [5, 5.41) is 12.2. The summed E-state index contributed by atoms with van der Waals surface area (Å²) < 4.78 is 11.8. The second-order valence-electron chi connectivity index (χ2n) is 9.23. The summed E-state index contributed by atoms with van der Waals surface area (Å²) in [6.45, 7) is 1.77. The van der Waals surface area contributed by atoms with E-state index in [1.807, 2.05) is 12.1 Å². The van der Waals surface area contributed by atoms with Gasteiger partial charge in [-0.25, -0.2) is 0 Å². The van der Waals surface area contributed by atoms with Gasteiger partial charge in [0.1, 0.15) is 0 Å². The van der Waals surface area contributed by atoms with E-state index in [9.17, 15) is 9.90 Å². The highest BCUT2D eigenvalue weighted by atomic mass is 16.5. The minimum atomic E-state index is -0.953. The fraction of sp³-hybridized carbons (Fsp3) is 0.480. The van der Waals surface area contributed by atoms with Crippen LogP contribution in [-0.2, 0) is 23.1 Å². The maximum absolute atomic E-state index is 13.0. The SMILES string of the molecule is COc1ccc2c3c1O[C@H]1C(=O)CC[C@@]4(O)[C@@H](C2)N(CCc2ccccc2)CC[C@]314. The molecule has 30 heavy (non-hydrogen) atoms. The Hall–Kier alpha value is -2.37. The zero-order valence-electron chi connectivity index (χ0n) is 17.3. The van der Waals surface area contributed by atoms with E-state index in [4.69, 9.17) is 9.47 Å². The van der Waals surface area contributed by atoms with E-state index in [-0.39, 0.29) is 11.8 Å². The molecule has 2 fully saturated rings. The monoisotopic (exact) mass is 405 g/mol. The minimum Gasteiger partial charge on any atom is -0.493 e. The fourth-order valence-corrected chi connectivity index (χ4v) is 6.75. The molecule has 6 rings (SSSR count). The predicted molar refractivity (Wildman–Crippen MR) is 112 cm³/mol.